The second kappa shape index (κ2) is 9.74. The van der Waals surface area contributed by atoms with Crippen molar-refractivity contribution in [3.8, 4) is 0 Å². The fourth-order valence-electron chi connectivity index (χ4n) is 4.02. The molecule has 34 heavy (non-hydrogen) atoms. The Morgan fingerprint density at radius 1 is 1.09 bits per heavy atom. The number of alkyl halides is 6. The van der Waals surface area contributed by atoms with Gasteiger partial charge in [0.2, 0.25) is 0 Å². The van der Waals surface area contributed by atoms with Crippen LogP contribution in [-0.2, 0) is 22.8 Å². The Morgan fingerprint density at radius 2 is 1.71 bits per heavy atom. The van der Waals surface area contributed by atoms with Crippen molar-refractivity contribution in [3.05, 3.63) is 56.2 Å². The van der Waals surface area contributed by atoms with Crippen LogP contribution in [0.1, 0.15) is 43.0 Å². The molecule has 0 spiro atoms. The van der Waals surface area contributed by atoms with E-state index in [2.05, 4.69) is 4.98 Å². The average molecular weight is 548 g/mol. The van der Waals surface area contributed by atoms with E-state index >= 15 is 0 Å². The summed E-state index contributed by atoms with van der Waals surface area (Å²) in [6.07, 6.45) is -10.1. The van der Waals surface area contributed by atoms with E-state index in [9.17, 15) is 31.1 Å². The van der Waals surface area contributed by atoms with Crippen LogP contribution in [0.5, 0.6) is 0 Å². The van der Waals surface area contributed by atoms with Gasteiger partial charge in [-0.2, -0.15) is 26.3 Å². The first-order chi connectivity index (χ1) is 15.7. The number of carbonyl (C=O) groups excluding carboxylic acids is 1. The summed E-state index contributed by atoms with van der Waals surface area (Å²) in [6.45, 7) is 0.730. The molecule has 2 heterocycles. The highest BCUT2D eigenvalue weighted by Crippen LogP contribution is 2.50. The van der Waals surface area contributed by atoms with Gasteiger partial charge in [-0.15, -0.1) is 0 Å². The highest BCUT2D eigenvalue weighted by atomic mass is 35.5. The van der Waals surface area contributed by atoms with Crippen molar-refractivity contribution in [2.24, 2.45) is 0 Å². The normalized spacial score (nSPS) is 19.1. The third-order valence-electron chi connectivity index (χ3n) is 5.97. The number of halogens is 9. The van der Waals surface area contributed by atoms with Crippen LogP contribution in [0.25, 0.3) is 0 Å². The molecule has 186 valence electrons. The molecule has 0 amide bonds. The zero-order valence-corrected chi connectivity index (χ0v) is 20.0. The van der Waals surface area contributed by atoms with Gasteiger partial charge in [-0.05, 0) is 42.2 Å². The largest absolute Gasteiger partial charge is 0.433 e. The van der Waals surface area contributed by atoms with Crippen molar-refractivity contribution < 1.29 is 31.1 Å². The van der Waals surface area contributed by atoms with Crippen molar-refractivity contribution in [1.29, 1.82) is 0 Å². The fourth-order valence-corrected chi connectivity index (χ4v) is 4.62. The zero-order valence-electron chi connectivity index (χ0n) is 17.8. The number of hydrogen-bond donors (Lipinski definition) is 0. The Morgan fingerprint density at radius 3 is 2.24 bits per heavy atom. The molecular formula is C22H19Cl3F6N2O. The summed E-state index contributed by atoms with van der Waals surface area (Å²) in [7, 11) is 0. The third-order valence-corrected chi connectivity index (χ3v) is 7.17. The number of anilines is 1. The number of nitrogens with zero attached hydrogens (tertiary/aromatic N) is 2. The molecule has 1 unspecified atom stereocenters. The van der Waals surface area contributed by atoms with E-state index in [0.29, 0.717) is 0 Å². The molecule has 1 atom stereocenters. The minimum Gasteiger partial charge on any atom is -0.355 e. The minimum absolute atomic E-state index is 0.0837. The Labute approximate surface area is 207 Å². The number of hydrogen-bond acceptors (Lipinski definition) is 3. The van der Waals surface area contributed by atoms with Gasteiger partial charge in [-0.3, -0.25) is 4.79 Å². The molecule has 1 saturated heterocycles. The fraction of sp³-hybridized carbons (Fsp3) is 0.455. The van der Waals surface area contributed by atoms with Crippen LogP contribution in [0.15, 0.2) is 24.3 Å². The number of aryl methyl sites for hydroxylation is 1. The molecule has 0 N–H and O–H groups in total. The van der Waals surface area contributed by atoms with Crippen molar-refractivity contribution >= 4 is 46.4 Å². The van der Waals surface area contributed by atoms with Crippen LogP contribution in [-0.4, -0.2) is 30.0 Å². The quantitative estimate of drug-likeness (QED) is 0.275. The van der Waals surface area contributed by atoms with E-state index in [4.69, 9.17) is 34.8 Å². The Balaban J connectivity index is 1.99. The number of rotatable bonds is 6. The smallest absolute Gasteiger partial charge is 0.355 e. The summed E-state index contributed by atoms with van der Waals surface area (Å²) in [5, 5.41) is -0.405. The number of ketones is 1. The van der Waals surface area contributed by atoms with Gasteiger partial charge >= 0.3 is 12.4 Å². The molecule has 1 aliphatic rings. The predicted molar refractivity (Wildman–Crippen MR) is 119 cm³/mol. The second-order valence-corrected chi connectivity index (χ2v) is 9.26. The van der Waals surface area contributed by atoms with Crippen molar-refractivity contribution in [2.75, 3.05) is 18.0 Å². The van der Waals surface area contributed by atoms with Gasteiger partial charge in [0.1, 0.15) is 22.7 Å². The molecule has 1 aromatic carbocycles. The van der Waals surface area contributed by atoms with Crippen LogP contribution in [0.4, 0.5) is 32.2 Å². The van der Waals surface area contributed by atoms with Gasteiger partial charge in [0.25, 0.3) is 0 Å². The maximum Gasteiger partial charge on any atom is 0.433 e. The molecule has 3 nitrogen and oxygen atoms in total. The van der Waals surface area contributed by atoms with E-state index in [1.54, 1.807) is 6.92 Å². The van der Waals surface area contributed by atoms with Gasteiger partial charge in [0.05, 0.1) is 15.1 Å². The molecular weight excluding hydrogens is 529 g/mol. The predicted octanol–water partition coefficient (Wildman–Crippen LogP) is 7.68. The molecule has 0 saturated carbocycles. The number of Topliss-reactive ketones (excluding diaryl/α,β-unsaturated/α-hetero) is 1. The van der Waals surface area contributed by atoms with Crippen LogP contribution >= 0.6 is 34.8 Å². The maximum atomic E-state index is 14.3. The summed E-state index contributed by atoms with van der Waals surface area (Å²) in [4.78, 5) is 16.4. The number of pyridine rings is 1. The highest BCUT2D eigenvalue weighted by molar-refractivity contribution is 6.48. The van der Waals surface area contributed by atoms with E-state index in [1.165, 1.54) is 6.07 Å². The lowest BCUT2D eigenvalue weighted by Crippen LogP contribution is -2.45. The van der Waals surface area contributed by atoms with E-state index in [-0.39, 0.29) is 63.6 Å². The topological polar surface area (TPSA) is 33.2 Å². The summed E-state index contributed by atoms with van der Waals surface area (Å²) in [5.41, 5.74) is -4.06. The van der Waals surface area contributed by atoms with Gasteiger partial charge in [0.15, 0.2) is 0 Å². The summed E-state index contributed by atoms with van der Waals surface area (Å²) >= 11 is 17.8. The minimum atomic E-state index is -4.83. The number of aromatic nitrogens is 1. The lowest BCUT2D eigenvalue weighted by atomic mass is 9.79. The lowest BCUT2D eigenvalue weighted by Gasteiger charge is -2.33. The van der Waals surface area contributed by atoms with Crippen LogP contribution in [0.2, 0.25) is 15.1 Å². The van der Waals surface area contributed by atoms with E-state index in [0.717, 1.165) is 23.1 Å². The molecule has 12 heteroatoms. The number of benzene rings is 1. The van der Waals surface area contributed by atoms with Crippen molar-refractivity contribution in [3.63, 3.8) is 0 Å². The van der Waals surface area contributed by atoms with Crippen LogP contribution in [0.3, 0.4) is 0 Å². The Kier molecular flexibility index (Phi) is 7.70. The van der Waals surface area contributed by atoms with Crippen LogP contribution in [0, 0.1) is 0 Å². The molecule has 1 aliphatic heterocycles. The van der Waals surface area contributed by atoms with Gasteiger partial charge < -0.3 is 4.90 Å². The van der Waals surface area contributed by atoms with Crippen molar-refractivity contribution in [1.82, 2.24) is 4.98 Å². The molecule has 0 radical (unpaired) electrons. The molecule has 1 aromatic heterocycles. The Hall–Kier alpha value is -1.71. The molecule has 3 rings (SSSR count). The van der Waals surface area contributed by atoms with Gasteiger partial charge in [-0.1, -0.05) is 47.8 Å². The lowest BCUT2D eigenvalue weighted by molar-refractivity contribution is -0.184. The zero-order chi connectivity index (χ0) is 25.5. The third kappa shape index (κ3) is 5.26. The maximum absolute atomic E-state index is 14.3. The van der Waals surface area contributed by atoms with E-state index < -0.39 is 36.4 Å². The molecule has 0 aliphatic carbocycles. The first-order valence-corrected chi connectivity index (χ1v) is 11.4. The van der Waals surface area contributed by atoms with Gasteiger partial charge in [-0.25, -0.2) is 4.98 Å². The second-order valence-electron chi connectivity index (χ2n) is 8.07. The summed E-state index contributed by atoms with van der Waals surface area (Å²) in [6, 6.07) is 4.57. The average Bonchev–Trinajstić information content (AvgIpc) is 3.21. The van der Waals surface area contributed by atoms with Crippen molar-refractivity contribution in [2.45, 2.75) is 50.4 Å². The highest BCUT2D eigenvalue weighted by Gasteiger charge is 2.59. The monoisotopic (exact) mass is 546 g/mol. The molecule has 0 bridgehead atoms. The molecule has 1 fully saturated rings. The standard InChI is InChI=1S/C22H19Cl3F6N2O/c1-2-14(34)5-3-12-4-6-17(32-19(12)21(26,27)28)33-8-7-20(11-33,22(29,30)31)13-9-15(23)18(25)16(24)10-13/h4,6,9-10H,2-3,5,7-8,11H2,1H3. The number of carbonyl (C=O) groups is 1. The Bertz CT molecular complexity index is 1070. The summed E-state index contributed by atoms with van der Waals surface area (Å²) < 4.78 is 84.0. The first kappa shape index (κ1) is 26.9. The SMILES string of the molecule is CCC(=O)CCc1ccc(N2CCC(c3cc(Cl)c(Cl)c(Cl)c3)(C(F)(F)F)C2)nc1C(F)(F)F. The van der Waals surface area contributed by atoms with Gasteiger partial charge in [0, 0.05) is 25.9 Å². The molecule has 2 aromatic rings. The van der Waals surface area contributed by atoms with Crippen LogP contribution < -0.4 is 4.90 Å². The first-order valence-electron chi connectivity index (χ1n) is 10.2. The van der Waals surface area contributed by atoms with E-state index in [1.807, 2.05) is 0 Å². The summed E-state index contributed by atoms with van der Waals surface area (Å²) in [5.74, 6) is -0.442.